The van der Waals surface area contributed by atoms with Crippen LogP contribution >= 0.6 is 11.6 Å². The van der Waals surface area contributed by atoms with Gasteiger partial charge in [-0.15, -0.1) is 0 Å². The van der Waals surface area contributed by atoms with Crippen LogP contribution in [0.1, 0.15) is 44.7 Å². The van der Waals surface area contributed by atoms with Crippen LogP contribution in [0.5, 0.6) is 5.75 Å². The van der Waals surface area contributed by atoms with Crippen molar-refractivity contribution in [1.29, 1.82) is 0 Å². The number of nitro groups is 1. The first kappa shape index (κ1) is 24.8. The van der Waals surface area contributed by atoms with E-state index in [0.29, 0.717) is 0 Å². The molecule has 1 saturated heterocycles. The van der Waals surface area contributed by atoms with E-state index in [4.69, 9.17) is 25.8 Å². The second-order valence-electron chi connectivity index (χ2n) is 7.35. The summed E-state index contributed by atoms with van der Waals surface area (Å²) in [5, 5.41) is 30.6. The van der Waals surface area contributed by atoms with Gasteiger partial charge in [-0.3, -0.25) is 19.7 Å². The molecule has 2 N–H and O–H groups in total. The normalized spacial score (nSPS) is 17.7. The van der Waals surface area contributed by atoms with Gasteiger partial charge in [0.25, 0.3) is 0 Å². The van der Waals surface area contributed by atoms with Gasteiger partial charge < -0.3 is 24.4 Å². The number of halogens is 2. The zero-order valence-corrected chi connectivity index (χ0v) is 18.1. The van der Waals surface area contributed by atoms with Gasteiger partial charge in [-0.1, -0.05) is 11.6 Å². The van der Waals surface area contributed by atoms with Crippen molar-refractivity contribution in [2.24, 2.45) is 5.41 Å². The highest BCUT2D eigenvalue weighted by molar-refractivity contribution is 6.31. The summed E-state index contributed by atoms with van der Waals surface area (Å²) >= 11 is 6.06. The minimum Gasteiger partial charge on any atom is -0.493 e. The van der Waals surface area contributed by atoms with E-state index in [0.717, 1.165) is 19.9 Å². The van der Waals surface area contributed by atoms with Crippen molar-refractivity contribution < 1.29 is 43.3 Å². The van der Waals surface area contributed by atoms with Gasteiger partial charge in [0, 0.05) is 17.4 Å². The van der Waals surface area contributed by atoms with Gasteiger partial charge >= 0.3 is 11.9 Å². The predicted molar refractivity (Wildman–Crippen MR) is 104 cm³/mol. The molecule has 12 heteroatoms. The molecule has 0 radical (unpaired) electrons. The summed E-state index contributed by atoms with van der Waals surface area (Å²) in [6.07, 6.45) is 0. The molecule has 1 aliphatic heterocycles. The van der Waals surface area contributed by atoms with Crippen LogP contribution in [0, 0.1) is 21.3 Å². The lowest BCUT2D eigenvalue weighted by atomic mass is 9.69. The lowest BCUT2D eigenvalue weighted by Gasteiger charge is -2.34. The molecule has 0 aliphatic carbocycles. The number of carboxylic acids is 2. The highest BCUT2D eigenvalue weighted by Crippen LogP contribution is 2.50. The Morgan fingerprint density at radius 1 is 1.39 bits per heavy atom. The number of nitrogens with zero attached hydrogens (tertiary/aromatic N) is 1. The van der Waals surface area contributed by atoms with Crippen LogP contribution in [0.2, 0.25) is 5.02 Å². The highest BCUT2D eigenvalue weighted by atomic mass is 35.5. The van der Waals surface area contributed by atoms with Crippen molar-refractivity contribution in [3.63, 3.8) is 0 Å². The summed E-state index contributed by atoms with van der Waals surface area (Å²) in [4.78, 5) is 34.8. The second-order valence-corrected chi connectivity index (χ2v) is 7.76. The molecule has 172 valence electrons. The number of ether oxygens (including phenoxy) is 3. The van der Waals surface area contributed by atoms with Gasteiger partial charge in [0.15, 0.2) is 11.2 Å². The molecule has 1 aliphatic rings. The third kappa shape index (κ3) is 4.17. The van der Waals surface area contributed by atoms with Crippen LogP contribution in [-0.4, -0.2) is 52.9 Å². The molecule has 10 nitrogen and oxygen atoms in total. The third-order valence-electron chi connectivity index (χ3n) is 5.46. The van der Waals surface area contributed by atoms with Crippen LogP contribution < -0.4 is 4.74 Å². The van der Waals surface area contributed by atoms with Gasteiger partial charge in [0.05, 0.1) is 36.3 Å². The van der Waals surface area contributed by atoms with E-state index >= 15 is 4.39 Å². The minimum absolute atomic E-state index is 0.0480. The molecule has 1 heterocycles. The molecule has 2 rings (SSSR count). The van der Waals surface area contributed by atoms with Gasteiger partial charge in [-0.2, -0.15) is 0 Å². The fraction of sp³-hybridized carbons (Fsp3) is 0.579. The van der Waals surface area contributed by atoms with Gasteiger partial charge in [-0.05, 0) is 26.8 Å². The molecule has 31 heavy (non-hydrogen) atoms. The topological polar surface area (TPSA) is 145 Å². The van der Waals surface area contributed by atoms with E-state index in [1.54, 1.807) is 6.92 Å². The molecule has 0 aromatic heterocycles. The third-order valence-corrected chi connectivity index (χ3v) is 5.73. The molecule has 0 amide bonds. The first-order chi connectivity index (χ1) is 14.3. The van der Waals surface area contributed by atoms with Crippen molar-refractivity contribution >= 4 is 23.5 Å². The van der Waals surface area contributed by atoms with E-state index in [9.17, 15) is 29.9 Å². The van der Waals surface area contributed by atoms with Crippen LogP contribution in [0.3, 0.4) is 0 Å². The molecule has 0 saturated carbocycles. The number of hydrogen-bond acceptors (Lipinski definition) is 7. The molecular weight excluding hydrogens is 441 g/mol. The maximum Gasteiger partial charge on any atom is 0.321 e. The molecule has 0 spiro atoms. The van der Waals surface area contributed by atoms with Crippen LogP contribution in [0.4, 0.5) is 4.39 Å². The SMILES string of the molecule is CCOc1c(C2(C)OCCO2)cc(Cl)c(F)c1[C@H](C(C)[N+](=O)[O-])C(C)(C(=O)O)C(=O)O. The summed E-state index contributed by atoms with van der Waals surface area (Å²) in [6.45, 7) is 5.14. The Balaban J connectivity index is 3.00. The molecular formula is C19H23ClFNO9. The van der Waals surface area contributed by atoms with Crippen molar-refractivity contribution in [2.75, 3.05) is 19.8 Å². The van der Waals surface area contributed by atoms with E-state index in [-0.39, 0.29) is 31.1 Å². The number of rotatable bonds is 9. The van der Waals surface area contributed by atoms with Crippen LogP contribution in [-0.2, 0) is 24.8 Å². The average Bonchev–Trinajstić information content (AvgIpc) is 3.13. The standard InChI is InChI=1S/C19H23ClFNO9/c1-5-29-15-10(19(4)30-6-7-31-19)8-11(20)14(21)12(15)13(9(2)22(27)28)18(3,16(23)24)17(25)26/h8-9,13H,5-7H2,1-4H3,(H,23,24)(H,25,26)/t9?,13-/m0/s1. The van der Waals surface area contributed by atoms with Crippen molar-refractivity contribution in [1.82, 2.24) is 0 Å². The molecule has 1 aromatic rings. The Morgan fingerprint density at radius 2 is 1.90 bits per heavy atom. The summed E-state index contributed by atoms with van der Waals surface area (Å²) in [5.41, 5.74) is -3.37. The van der Waals surface area contributed by atoms with Gasteiger partial charge in [-0.25, -0.2) is 4.39 Å². The summed E-state index contributed by atoms with van der Waals surface area (Å²) in [6, 6.07) is -0.681. The summed E-state index contributed by atoms with van der Waals surface area (Å²) < 4.78 is 32.1. The molecule has 2 atom stereocenters. The zero-order valence-electron chi connectivity index (χ0n) is 17.3. The fourth-order valence-electron chi connectivity index (χ4n) is 3.71. The maximum absolute atomic E-state index is 15.4. The first-order valence-corrected chi connectivity index (χ1v) is 9.74. The minimum atomic E-state index is -2.79. The Labute approximate surface area is 182 Å². The number of benzene rings is 1. The number of carboxylic acid groups (broad SMARTS) is 2. The summed E-state index contributed by atoms with van der Waals surface area (Å²) in [7, 11) is 0. The summed E-state index contributed by atoms with van der Waals surface area (Å²) in [5.74, 6) is -8.77. The Kier molecular flexibility index (Phi) is 7.14. The first-order valence-electron chi connectivity index (χ1n) is 9.36. The number of carbonyl (C=O) groups is 2. The Morgan fingerprint density at radius 3 is 2.32 bits per heavy atom. The van der Waals surface area contributed by atoms with Gasteiger partial charge in [0.1, 0.15) is 11.6 Å². The van der Waals surface area contributed by atoms with Gasteiger partial charge in [0.2, 0.25) is 6.04 Å². The Hall–Kier alpha value is -2.50. The predicted octanol–water partition coefficient (Wildman–Crippen LogP) is 3.02. The van der Waals surface area contributed by atoms with Crippen LogP contribution in [0.25, 0.3) is 0 Å². The molecule has 1 aromatic carbocycles. The van der Waals surface area contributed by atoms with Crippen molar-refractivity contribution in [3.8, 4) is 5.75 Å². The van der Waals surface area contributed by atoms with Crippen molar-refractivity contribution in [3.05, 3.63) is 38.1 Å². The fourth-order valence-corrected chi connectivity index (χ4v) is 3.92. The lowest BCUT2D eigenvalue weighted by molar-refractivity contribution is -0.524. The highest BCUT2D eigenvalue weighted by Gasteiger charge is 2.57. The monoisotopic (exact) mass is 463 g/mol. The van der Waals surface area contributed by atoms with Crippen molar-refractivity contribution in [2.45, 2.75) is 45.4 Å². The Bertz CT molecular complexity index is 887. The van der Waals surface area contributed by atoms with E-state index < -0.39 is 56.4 Å². The number of aliphatic carboxylic acids is 2. The van der Waals surface area contributed by atoms with E-state index in [1.165, 1.54) is 6.92 Å². The van der Waals surface area contributed by atoms with Crippen LogP contribution in [0.15, 0.2) is 6.07 Å². The molecule has 0 bridgehead atoms. The van der Waals surface area contributed by atoms with E-state index in [2.05, 4.69) is 0 Å². The second kappa shape index (κ2) is 8.93. The largest absolute Gasteiger partial charge is 0.493 e. The molecule has 1 fully saturated rings. The molecule has 1 unspecified atom stereocenters. The number of hydrogen-bond donors (Lipinski definition) is 2. The average molecular weight is 464 g/mol. The maximum atomic E-state index is 15.4. The smallest absolute Gasteiger partial charge is 0.321 e. The lowest BCUT2D eigenvalue weighted by Crippen LogP contribution is -2.48. The zero-order chi connectivity index (χ0) is 23.7. The quantitative estimate of drug-likeness (QED) is 0.320. The van der Waals surface area contributed by atoms with E-state index in [1.807, 2.05) is 0 Å².